The molecule has 0 aliphatic carbocycles. The van der Waals surface area contributed by atoms with Gasteiger partial charge in [-0.15, -0.1) is 0 Å². The van der Waals surface area contributed by atoms with Gasteiger partial charge in [-0.2, -0.15) is 0 Å². The molecule has 0 saturated carbocycles. The zero-order valence-corrected chi connectivity index (χ0v) is 13.0. The highest BCUT2D eigenvalue weighted by Gasteiger charge is 2.06. The molecule has 0 aliphatic heterocycles. The van der Waals surface area contributed by atoms with Crippen LogP contribution in [0.3, 0.4) is 0 Å². The second kappa shape index (κ2) is 7.61. The third kappa shape index (κ3) is 4.33. The maximum Gasteiger partial charge on any atom is 0.317 e. The number of nitrogens with one attached hydrogen (secondary N) is 1. The number of urea groups is 1. The van der Waals surface area contributed by atoms with Gasteiger partial charge in [0, 0.05) is 20.1 Å². The number of aliphatic hydroxyl groups excluding tert-OH is 1. The number of hydrogen-bond donors (Lipinski definition) is 2. The number of carbonyl (C=O) groups excluding carboxylic acids is 1. The maximum atomic E-state index is 11.7. The number of rotatable bonds is 5. The van der Waals surface area contributed by atoms with E-state index in [0.29, 0.717) is 13.1 Å². The summed E-state index contributed by atoms with van der Waals surface area (Å²) in [6.45, 7) is 2.85. The Morgan fingerprint density at radius 2 is 1.86 bits per heavy atom. The number of carbonyl (C=O) groups is 1. The highest BCUT2D eigenvalue weighted by molar-refractivity contribution is 5.73. The molecule has 0 heterocycles. The van der Waals surface area contributed by atoms with Crippen molar-refractivity contribution >= 4 is 6.03 Å². The predicted octanol–water partition coefficient (Wildman–Crippen LogP) is 2.80. The number of aryl methyl sites for hydroxylation is 1. The molecule has 2 N–H and O–H groups in total. The van der Waals surface area contributed by atoms with Crippen molar-refractivity contribution in [3.8, 4) is 11.1 Å². The van der Waals surface area contributed by atoms with E-state index < -0.39 is 0 Å². The zero-order chi connectivity index (χ0) is 15.9. The summed E-state index contributed by atoms with van der Waals surface area (Å²) in [4.78, 5) is 13.2. The van der Waals surface area contributed by atoms with Crippen LogP contribution in [0.25, 0.3) is 11.1 Å². The zero-order valence-electron chi connectivity index (χ0n) is 13.0. The van der Waals surface area contributed by atoms with Crippen molar-refractivity contribution in [3.05, 3.63) is 59.7 Å². The fourth-order valence-electron chi connectivity index (χ4n) is 2.20. The Labute approximate surface area is 131 Å². The van der Waals surface area contributed by atoms with Crippen molar-refractivity contribution in [3.63, 3.8) is 0 Å². The van der Waals surface area contributed by atoms with Crippen LogP contribution in [0.1, 0.15) is 11.1 Å². The van der Waals surface area contributed by atoms with Gasteiger partial charge in [0.25, 0.3) is 0 Å². The van der Waals surface area contributed by atoms with E-state index in [1.165, 1.54) is 16.0 Å². The third-order valence-electron chi connectivity index (χ3n) is 3.53. The van der Waals surface area contributed by atoms with Crippen molar-refractivity contribution in [2.75, 3.05) is 20.2 Å². The molecule has 0 unspecified atom stereocenters. The SMILES string of the molecule is Cc1cccc(-c2ccc(CNC(=O)N(C)CCO)cc2)c1. The van der Waals surface area contributed by atoms with Gasteiger partial charge in [-0.1, -0.05) is 54.1 Å². The van der Waals surface area contributed by atoms with Gasteiger partial charge in [-0.05, 0) is 23.6 Å². The first-order valence-electron chi connectivity index (χ1n) is 7.36. The summed E-state index contributed by atoms with van der Waals surface area (Å²) >= 11 is 0. The number of amides is 2. The first-order chi connectivity index (χ1) is 10.6. The lowest BCUT2D eigenvalue weighted by Crippen LogP contribution is -2.38. The Kier molecular flexibility index (Phi) is 5.55. The average Bonchev–Trinajstić information content (AvgIpc) is 2.53. The van der Waals surface area contributed by atoms with Crippen LogP contribution in [0, 0.1) is 6.92 Å². The number of aliphatic hydroxyl groups is 1. The smallest absolute Gasteiger partial charge is 0.317 e. The van der Waals surface area contributed by atoms with E-state index in [1.807, 2.05) is 12.1 Å². The van der Waals surface area contributed by atoms with Crippen molar-refractivity contribution in [1.82, 2.24) is 10.2 Å². The van der Waals surface area contributed by atoms with Crippen LogP contribution in [-0.4, -0.2) is 36.2 Å². The van der Waals surface area contributed by atoms with Gasteiger partial charge < -0.3 is 15.3 Å². The maximum absolute atomic E-state index is 11.7. The number of likely N-dealkylation sites (N-methyl/N-ethyl adjacent to an activating group) is 1. The number of nitrogens with zero attached hydrogens (tertiary/aromatic N) is 1. The Hall–Kier alpha value is -2.33. The normalized spacial score (nSPS) is 10.3. The van der Waals surface area contributed by atoms with E-state index in [2.05, 4.69) is 48.6 Å². The molecule has 2 aromatic rings. The van der Waals surface area contributed by atoms with E-state index in [9.17, 15) is 4.79 Å². The summed E-state index contributed by atoms with van der Waals surface area (Å²) in [5, 5.41) is 11.6. The molecule has 4 heteroatoms. The molecule has 116 valence electrons. The molecule has 0 atom stereocenters. The van der Waals surface area contributed by atoms with Gasteiger partial charge in [0.15, 0.2) is 0 Å². The van der Waals surface area contributed by atoms with Gasteiger partial charge in [-0.3, -0.25) is 0 Å². The van der Waals surface area contributed by atoms with Crippen LogP contribution in [-0.2, 0) is 6.54 Å². The van der Waals surface area contributed by atoms with Crippen LogP contribution in [0.2, 0.25) is 0 Å². The minimum atomic E-state index is -0.184. The molecule has 0 fully saturated rings. The topological polar surface area (TPSA) is 52.6 Å². The van der Waals surface area contributed by atoms with E-state index in [-0.39, 0.29) is 12.6 Å². The highest BCUT2D eigenvalue weighted by atomic mass is 16.3. The van der Waals surface area contributed by atoms with E-state index in [4.69, 9.17) is 5.11 Å². The van der Waals surface area contributed by atoms with Crippen molar-refractivity contribution in [2.45, 2.75) is 13.5 Å². The second-order valence-corrected chi connectivity index (χ2v) is 5.37. The molecular weight excluding hydrogens is 276 g/mol. The summed E-state index contributed by atoms with van der Waals surface area (Å²) in [5.74, 6) is 0. The predicted molar refractivity (Wildman–Crippen MR) is 88.6 cm³/mol. The van der Waals surface area contributed by atoms with Gasteiger partial charge >= 0.3 is 6.03 Å². The van der Waals surface area contributed by atoms with Gasteiger partial charge in [-0.25, -0.2) is 4.79 Å². The number of benzene rings is 2. The Balaban J connectivity index is 1.96. The minimum Gasteiger partial charge on any atom is -0.395 e. The minimum absolute atomic E-state index is 0.0326. The molecule has 0 saturated heterocycles. The lowest BCUT2D eigenvalue weighted by atomic mass is 10.0. The quantitative estimate of drug-likeness (QED) is 0.892. The van der Waals surface area contributed by atoms with Gasteiger partial charge in [0.2, 0.25) is 0 Å². The highest BCUT2D eigenvalue weighted by Crippen LogP contribution is 2.20. The fourth-order valence-corrected chi connectivity index (χ4v) is 2.20. The Morgan fingerprint density at radius 3 is 2.50 bits per heavy atom. The number of hydrogen-bond acceptors (Lipinski definition) is 2. The Morgan fingerprint density at radius 1 is 1.14 bits per heavy atom. The van der Waals surface area contributed by atoms with E-state index in [0.717, 1.165) is 11.1 Å². The third-order valence-corrected chi connectivity index (χ3v) is 3.53. The van der Waals surface area contributed by atoms with E-state index >= 15 is 0 Å². The molecule has 4 nitrogen and oxygen atoms in total. The van der Waals surface area contributed by atoms with Crippen LogP contribution in [0.5, 0.6) is 0 Å². The van der Waals surface area contributed by atoms with Crippen LogP contribution in [0.15, 0.2) is 48.5 Å². The summed E-state index contributed by atoms with van der Waals surface area (Å²) in [6.07, 6.45) is 0. The summed E-state index contributed by atoms with van der Waals surface area (Å²) < 4.78 is 0. The average molecular weight is 298 g/mol. The molecule has 0 aliphatic rings. The molecule has 2 rings (SSSR count). The van der Waals surface area contributed by atoms with Crippen molar-refractivity contribution < 1.29 is 9.90 Å². The first-order valence-corrected chi connectivity index (χ1v) is 7.36. The molecule has 2 amide bonds. The lowest BCUT2D eigenvalue weighted by molar-refractivity contribution is 0.190. The molecule has 0 bridgehead atoms. The summed E-state index contributed by atoms with van der Waals surface area (Å²) in [7, 11) is 1.66. The Bertz CT molecular complexity index is 623. The largest absolute Gasteiger partial charge is 0.395 e. The molecule has 0 radical (unpaired) electrons. The van der Waals surface area contributed by atoms with Crippen molar-refractivity contribution in [1.29, 1.82) is 0 Å². The lowest BCUT2D eigenvalue weighted by Gasteiger charge is -2.16. The van der Waals surface area contributed by atoms with Crippen LogP contribution >= 0.6 is 0 Å². The van der Waals surface area contributed by atoms with Gasteiger partial charge in [0.05, 0.1) is 6.61 Å². The van der Waals surface area contributed by atoms with Crippen molar-refractivity contribution in [2.24, 2.45) is 0 Å². The molecule has 0 aromatic heterocycles. The monoisotopic (exact) mass is 298 g/mol. The molecule has 0 spiro atoms. The summed E-state index contributed by atoms with van der Waals surface area (Å²) in [5.41, 5.74) is 4.64. The molecule has 2 aromatic carbocycles. The van der Waals surface area contributed by atoms with Crippen LogP contribution < -0.4 is 5.32 Å². The fraction of sp³-hybridized carbons (Fsp3) is 0.278. The molecular formula is C18H22N2O2. The van der Waals surface area contributed by atoms with Gasteiger partial charge in [0.1, 0.15) is 0 Å². The standard InChI is InChI=1S/C18H22N2O2/c1-14-4-3-5-17(12-14)16-8-6-15(7-9-16)13-19-18(22)20(2)10-11-21/h3-9,12,21H,10-11,13H2,1-2H3,(H,19,22). The van der Waals surface area contributed by atoms with Crippen LogP contribution in [0.4, 0.5) is 4.79 Å². The summed E-state index contributed by atoms with van der Waals surface area (Å²) in [6, 6.07) is 16.4. The van der Waals surface area contributed by atoms with E-state index in [1.54, 1.807) is 7.05 Å². The second-order valence-electron chi connectivity index (χ2n) is 5.37. The first kappa shape index (κ1) is 16.0. The molecule has 22 heavy (non-hydrogen) atoms.